The smallest absolute Gasteiger partial charge is 0.335 e. The summed E-state index contributed by atoms with van der Waals surface area (Å²) in [5.74, 6) is 0.502. The molecule has 0 heterocycles. The monoisotopic (exact) mass is 619 g/mol. The Labute approximate surface area is 275 Å². The predicted molar refractivity (Wildman–Crippen MR) is 186 cm³/mol. The van der Waals surface area contributed by atoms with Crippen molar-refractivity contribution in [1.82, 2.24) is 4.90 Å². The highest BCUT2D eigenvalue weighted by molar-refractivity contribution is 5.75. The van der Waals surface area contributed by atoms with E-state index in [0.29, 0.717) is 26.2 Å². The molecule has 2 unspecified atom stereocenters. The molecule has 242 valence electrons. The molecular formula is C41H49NO4. The molecule has 1 aliphatic carbocycles. The zero-order valence-electron chi connectivity index (χ0n) is 28.0. The molecule has 0 saturated heterocycles. The topological polar surface area (TPSA) is 48.0 Å². The molecule has 4 aromatic carbocycles. The summed E-state index contributed by atoms with van der Waals surface area (Å²) in [4.78, 5) is 14.7. The van der Waals surface area contributed by atoms with Crippen molar-refractivity contribution in [3.63, 3.8) is 0 Å². The number of ether oxygens (including phenoxy) is 3. The molecule has 0 radical (unpaired) electrons. The number of benzene rings is 4. The van der Waals surface area contributed by atoms with Gasteiger partial charge < -0.3 is 14.2 Å². The SMILES string of the molecule is CCCc1ccc2c(c1)C(N(C)CCOc1ccc(CC(OCC)C(=O)OCC)cc1)c1ccc(Cc3ccccc3)cc1CC2. The lowest BCUT2D eigenvalue weighted by atomic mass is 9.90. The van der Waals surface area contributed by atoms with Gasteiger partial charge in [0.15, 0.2) is 6.10 Å². The van der Waals surface area contributed by atoms with Gasteiger partial charge >= 0.3 is 5.97 Å². The lowest BCUT2D eigenvalue weighted by molar-refractivity contribution is -0.156. The third-order valence-corrected chi connectivity index (χ3v) is 8.88. The molecule has 0 saturated carbocycles. The Morgan fingerprint density at radius 2 is 1.52 bits per heavy atom. The maximum absolute atomic E-state index is 12.3. The molecule has 5 rings (SSSR count). The van der Waals surface area contributed by atoms with Crippen LogP contribution in [0, 0.1) is 0 Å². The largest absolute Gasteiger partial charge is 0.492 e. The van der Waals surface area contributed by atoms with Crippen LogP contribution in [0.15, 0.2) is 91.0 Å². The molecule has 0 fully saturated rings. The number of nitrogens with zero attached hydrogens (tertiary/aromatic N) is 1. The average Bonchev–Trinajstić information content (AvgIpc) is 3.22. The summed E-state index contributed by atoms with van der Waals surface area (Å²) < 4.78 is 17.1. The first-order valence-corrected chi connectivity index (χ1v) is 17.0. The zero-order chi connectivity index (χ0) is 32.3. The van der Waals surface area contributed by atoms with Gasteiger partial charge in [-0.3, -0.25) is 4.90 Å². The molecule has 1 aliphatic rings. The Hall–Kier alpha value is -3.93. The van der Waals surface area contributed by atoms with E-state index in [1.165, 1.54) is 38.9 Å². The molecule has 46 heavy (non-hydrogen) atoms. The number of carbonyl (C=O) groups is 1. The first kappa shape index (κ1) is 33.4. The molecule has 0 aliphatic heterocycles. The van der Waals surface area contributed by atoms with Crippen LogP contribution >= 0.6 is 0 Å². The second-order valence-corrected chi connectivity index (χ2v) is 12.3. The van der Waals surface area contributed by atoms with Crippen LogP contribution in [0.1, 0.15) is 77.7 Å². The minimum absolute atomic E-state index is 0.166. The van der Waals surface area contributed by atoms with Gasteiger partial charge in [-0.1, -0.05) is 92.2 Å². The van der Waals surface area contributed by atoms with Crippen molar-refractivity contribution in [2.24, 2.45) is 0 Å². The summed E-state index contributed by atoms with van der Waals surface area (Å²) in [6.07, 6.45) is 5.16. The van der Waals surface area contributed by atoms with Crippen molar-refractivity contribution in [2.45, 2.75) is 71.4 Å². The van der Waals surface area contributed by atoms with Crippen LogP contribution in [-0.4, -0.2) is 50.4 Å². The van der Waals surface area contributed by atoms with E-state index < -0.39 is 6.10 Å². The van der Waals surface area contributed by atoms with E-state index >= 15 is 0 Å². The number of fused-ring (bicyclic) bond motifs is 2. The Morgan fingerprint density at radius 1 is 0.783 bits per heavy atom. The summed E-state index contributed by atoms with van der Waals surface area (Å²) >= 11 is 0. The van der Waals surface area contributed by atoms with Crippen molar-refractivity contribution in [3.8, 4) is 5.75 Å². The molecule has 0 aromatic heterocycles. The van der Waals surface area contributed by atoms with Crippen LogP contribution in [0.3, 0.4) is 0 Å². The number of hydrogen-bond donors (Lipinski definition) is 0. The van der Waals surface area contributed by atoms with E-state index in [0.717, 1.165) is 50.0 Å². The summed E-state index contributed by atoms with van der Waals surface area (Å²) in [5, 5.41) is 0. The predicted octanol–water partition coefficient (Wildman–Crippen LogP) is 7.94. The number of hydrogen-bond acceptors (Lipinski definition) is 5. The van der Waals surface area contributed by atoms with Gasteiger partial charge in [-0.15, -0.1) is 0 Å². The van der Waals surface area contributed by atoms with Crippen molar-refractivity contribution in [3.05, 3.63) is 136 Å². The van der Waals surface area contributed by atoms with Crippen LogP contribution in [-0.2, 0) is 46.4 Å². The van der Waals surface area contributed by atoms with Gasteiger partial charge in [0.05, 0.1) is 12.6 Å². The van der Waals surface area contributed by atoms with E-state index in [1.54, 1.807) is 0 Å². The van der Waals surface area contributed by atoms with Crippen LogP contribution in [0.5, 0.6) is 5.75 Å². The van der Waals surface area contributed by atoms with Gasteiger partial charge in [-0.25, -0.2) is 4.79 Å². The van der Waals surface area contributed by atoms with E-state index in [4.69, 9.17) is 14.2 Å². The van der Waals surface area contributed by atoms with Gasteiger partial charge in [-0.05, 0) is 103 Å². The first-order chi connectivity index (χ1) is 22.5. The molecule has 0 spiro atoms. The summed E-state index contributed by atoms with van der Waals surface area (Å²) in [5.41, 5.74) is 10.9. The summed E-state index contributed by atoms with van der Waals surface area (Å²) in [7, 11) is 2.23. The van der Waals surface area contributed by atoms with E-state index in [2.05, 4.69) is 85.6 Å². The van der Waals surface area contributed by atoms with Crippen molar-refractivity contribution in [1.29, 1.82) is 0 Å². The molecule has 0 amide bonds. The molecule has 0 N–H and O–H groups in total. The third-order valence-electron chi connectivity index (χ3n) is 8.88. The van der Waals surface area contributed by atoms with Gasteiger partial charge in [0.25, 0.3) is 0 Å². The summed E-state index contributed by atoms with van der Waals surface area (Å²) in [6.45, 7) is 8.11. The highest BCUT2D eigenvalue weighted by Gasteiger charge is 2.28. The number of likely N-dealkylation sites (N-methyl/N-ethyl adjacent to an activating group) is 1. The molecule has 0 bridgehead atoms. The lowest BCUT2D eigenvalue weighted by Crippen LogP contribution is -2.30. The minimum Gasteiger partial charge on any atom is -0.492 e. The average molecular weight is 620 g/mol. The van der Waals surface area contributed by atoms with Gasteiger partial charge in [-0.2, -0.15) is 0 Å². The Balaban J connectivity index is 1.30. The first-order valence-electron chi connectivity index (χ1n) is 17.0. The second kappa shape index (κ2) is 16.6. The van der Waals surface area contributed by atoms with E-state index in [-0.39, 0.29) is 12.0 Å². The fourth-order valence-electron chi connectivity index (χ4n) is 6.59. The number of aryl methyl sites for hydroxylation is 3. The number of carbonyl (C=O) groups excluding carboxylic acids is 1. The quantitative estimate of drug-likeness (QED) is 0.127. The van der Waals surface area contributed by atoms with Crippen molar-refractivity contribution in [2.75, 3.05) is 33.4 Å². The Morgan fingerprint density at radius 3 is 2.26 bits per heavy atom. The second-order valence-electron chi connectivity index (χ2n) is 12.3. The maximum Gasteiger partial charge on any atom is 0.335 e. The van der Waals surface area contributed by atoms with Crippen LogP contribution in [0.4, 0.5) is 0 Å². The fraction of sp³-hybridized carbons (Fsp3) is 0.390. The van der Waals surface area contributed by atoms with Crippen LogP contribution in [0.2, 0.25) is 0 Å². The fourth-order valence-corrected chi connectivity index (χ4v) is 6.59. The minimum atomic E-state index is -0.594. The maximum atomic E-state index is 12.3. The Kier molecular flexibility index (Phi) is 12.0. The van der Waals surface area contributed by atoms with Crippen molar-refractivity contribution >= 4 is 5.97 Å². The van der Waals surface area contributed by atoms with E-state index in [1.807, 2.05) is 38.1 Å². The molecule has 5 nitrogen and oxygen atoms in total. The highest BCUT2D eigenvalue weighted by Crippen LogP contribution is 2.37. The van der Waals surface area contributed by atoms with Gasteiger partial charge in [0, 0.05) is 19.6 Å². The zero-order valence-corrected chi connectivity index (χ0v) is 28.0. The summed E-state index contributed by atoms with van der Waals surface area (Å²) in [6, 6.07) is 33.2. The number of esters is 1. The molecule has 5 heteroatoms. The third kappa shape index (κ3) is 8.65. The normalized spacial score (nSPS) is 14.7. The number of rotatable bonds is 15. The molecular weight excluding hydrogens is 570 g/mol. The standard InChI is InChI=1S/C41H49NO4/c1-5-11-30-14-18-34-19-20-35-27-33(26-31-12-9-8-10-13-31)17-23-37(35)40(38(34)28-30)42(4)24-25-46-36-21-15-32(16-22-36)29-39(44-6-2)41(43)45-7-3/h8-10,12-18,21-23,27-28,39-40H,5-7,11,19-20,24-26,29H2,1-4H3. The molecule has 2 atom stereocenters. The highest BCUT2D eigenvalue weighted by atomic mass is 16.6. The van der Waals surface area contributed by atoms with Gasteiger partial charge in [0.1, 0.15) is 12.4 Å². The lowest BCUT2D eigenvalue weighted by Gasteiger charge is -2.31. The van der Waals surface area contributed by atoms with Crippen molar-refractivity contribution < 1.29 is 19.0 Å². The van der Waals surface area contributed by atoms with E-state index in [9.17, 15) is 4.79 Å². The Bertz CT molecular complexity index is 1550. The molecule has 4 aromatic rings. The van der Waals surface area contributed by atoms with Crippen LogP contribution < -0.4 is 4.74 Å². The van der Waals surface area contributed by atoms with Gasteiger partial charge in [0.2, 0.25) is 0 Å². The van der Waals surface area contributed by atoms with Crippen LogP contribution in [0.25, 0.3) is 0 Å².